The number of aromatic nitrogens is 1. The van der Waals surface area contributed by atoms with Crippen molar-refractivity contribution in [1.29, 1.82) is 0 Å². The second-order valence-electron chi connectivity index (χ2n) is 1.80. The van der Waals surface area contributed by atoms with Gasteiger partial charge in [0.05, 0.1) is 0 Å². The van der Waals surface area contributed by atoms with Crippen LogP contribution in [0.25, 0.3) is 0 Å². The fraction of sp³-hybridized carbons (Fsp3) is 0. The van der Waals surface area contributed by atoms with Gasteiger partial charge in [-0.15, -0.1) is 0 Å². The highest BCUT2D eigenvalue weighted by molar-refractivity contribution is 6.32. The molecule has 0 radical (unpaired) electrons. The second kappa shape index (κ2) is 2.71. The lowest BCUT2D eigenvalue weighted by Crippen LogP contribution is -1.96. The fourth-order valence-electron chi connectivity index (χ4n) is 0.574. The normalized spacial score (nSPS) is 9.55. The molecule has 0 aliphatic heterocycles. The van der Waals surface area contributed by atoms with E-state index in [1.807, 2.05) is 0 Å². The molecule has 0 unspecified atom stereocenters. The summed E-state index contributed by atoms with van der Waals surface area (Å²) in [6, 6.07) is 2.73. The molecule has 6 heteroatoms. The number of hydrogen-bond donors (Lipinski definition) is 1. The molecule has 0 bridgehead atoms. The Labute approximate surface area is 66.9 Å². The van der Waals surface area contributed by atoms with Gasteiger partial charge in [0.25, 0.3) is 0 Å². The Morgan fingerprint density at radius 1 is 1.64 bits per heavy atom. The summed E-state index contributed by atoms with van der Waals surface area (Å²) in [4.78, 5) is 12.9. The summed E-state index contributed by atoms with van der Waals surface area (Å²) in [5.41, 5.74) is 5.19. The number of hydrogen-bond acceptors (Lipinski definition) is 4. The van der Waals surface area contributed by atoms with E-state index in [2.05, 4.69) is 4.98 Å². The highest BCUT2D eigenvalue weighted by Crippen LogP contribution is 2.21. The predicted molar refractivity (Wildman–Crippen MR) is 40.3 cm³/mol. The molecule has 2 N–H and O–H groups in total. The van der Waals surface area contributed by atoms with Crippen LogP contribution in [0.2, 0.25) is 5.02 Å². The molecular weight excluding hydrogens is 170 g/mol. The van der Waals surface area contributed by atoms with Gasteiger partial charge in [-0.1, -0.05) is 11.6 Å². The summed E-state index contributed by atoms with van der Waals surface area (Å²) in [5, 5.41) is 10.2. The van der Waals surface area contributed by atoms with Crippen molar-refractivity contribution >= 4 is 23.2 Å². The molecule has 0 fully saturated rings. The van der Waals surface area contributed by atoms with Gasteiger partial charge >= 0.3 is 5.82 Å². The van der Waals surface area contributed by atoms with Crippen LogP contribution in [-0.4, -0.2) is 9.91 Å². The van der Waals surface area contributed by atoms with Gasteiger partial charge in [0.15, 0.2) is 0 Å². The van der Waals surface area contributed by atoms with Crippen LogP contribution >= 0.6 is 11.6 Å². The lowest BCUT2D eigenvalue weighted by atomic mass is 10.4. The summed E-state index contributed by atoms with van der Waals surface area (Å²) >= 11 is 5.43. The smallest absolute Gasteiger partial charge is 0.363 e. The number of nitrogens with zero attached hydrogens (tertiary/aromatic N) is 2. The number of pyridine rings is 1. The van der Waals surface area contributed by atoms with Crippen molar-refractivity contribution in [1.82, 2.24) is 4.98 Å². The van der Waals surface area contributed by atoms with E-state index < -0.39 is 10.7 Å². The Morgan fingerprint density at radius 2 is 2.27 bits per heavy atom. The summed E-state index contributed by atoms with van der Waals surface area (Å²) < 4.78 is 0. The monoisotopic (exact) mass is 173 g/mol. The van der Waals surface area contributed by atoms with Crippen LogP contribution < -0.4 is 5.73 Å². The predicted octanol–water partition coefficient (Wildman–Crippen LogP) is 1.23. The highest BCUT2D eigenvalue weighted by atomic mass is 35.5. The Bertz CT molecular complexity index is 302. The first-order valence-corrected chi connectivity index (χ1v) is 3.05. The molecule has 1 aromatic rings. The van der Waals surface area contributed by atoms with Gasteiger partial charge in [0.1, 0.15) is 5.02 Å². The van der Waals surface area contributed by atoms with Crippen molar-refractivity contribution in [3.05, 3.63) is 27.3 Å². The number of anilines is 1. The zero-order chi connectivity index (χ0) is 8.43. The van der Waals surface area contributed by atoms with E-state index in [-0.39, 0.29) is 10.8 Å². The van der Waals surface area contributed by atoms with E-state index in [1.54, 1.807) is 0 Å². The van der Waals surface area contributed by atoms with Gasteiger partial charge in [-0.2, -0.15) is 0 Å². The van der Waals surface area contributed by atoms with Crippen LogP contribution in [0.4, 0.5) is 11.6 Å². The number of rotatable bonds is 1. The molecule has 0 saturated carbocycles. The van der Waals surface area contributed by atoms with Crippen LogP contribution in [0.1, 0.15) is 0 Å². The van der Waals surface area contributed by atoms with E-state index >= 15 is 0 Å². The molecule has 1 rings (SSSR count). The quantitative estimate of drug-likeness (QED) is 0.511. The van der Waals surface area contributed by atoms with Crippen molar-refractivity contribution in [2.24, 2.45) is 0 Å². The third-order valence-corrected chi connectivity index (χ3v) is 1.32. The minimum atomic E-state index is -0.682. The topological polar surface area (TPSA) is 82.0 Å². The molecule has 5 nitrogen and oxygen atoms in total. The number of nitro groups is 1. The lowest BCUT2D eigenvalue weighted by molar-refractivity contribution is -0.389. The Morgan fingerprint density at radius 3 is 2.73 bits per heavy atom. The third kappa shape index (κ3) is 1.56. The molecule has 0 aliphatic carbocycles. The second-order valence-corrected chi connectivity index (χ2v) is 2.21. The molecule has 1 aromatic heterocycles. The summed E-state index contributed by atoms with van der Waals surface area (Å²) in [6.45, 7) is 0. The van der Waals surface area contributed by atoms with Crippen molar-refractivity contribution in [3.63, 3.8) is 0 Å². The zero-order valence-electron chi connectivity index (χ0n) is 5.32. The van der Waals surface area contributed by atoms with Gasteiger partial charge < -0.3 is 15.8 Å². The van der Waals surface area contributed by atoms with Crippen LogP contribution in [-0.2, 0) is 0 Å². The van der Waals surface area contributed by atoms with E-state index in [1.165, 1.54) is 12.1 Å². The average molecular weight is 174 g/mol. The Hall–Kier alpha value is -1.36. The molecule has 0 aliphatic rings. The van der Waals surface area contributed by atoms with Crippen LogP contribution in [0, 0.1) is 10.1 Å². The van der Waals surface area contributed by atoms with Gasteiger partial charge in [-0.25, -0.2) is 0 Å². The molecule has 11 heavy (non-hydrogen) atoms. The van der Waals surface area contributed by atoms with Gasteiger partial charge in [-0.05, 0) is 16.0 Å². The minimum absolute atomic E-state index is 0.01000. The first kappa shape index (κ1) is 7.74. The van der Waals surface area contributed by atoms with E-state index in [0.29, 0.717) is 0 Å². The molecule has 0 spiro atoms. The number of nitrogen functional groups attached to an aromatic ring is 1. The molecule has 58 valence electrons. The molecular formula is C5H4ClN3O2. The average Bonchev–Trinajstić information content (AvgIpc) is 1.94. The summed E-state index contributed by atoms with van der Waals surface area (Å²) in [5.74, 6) is -0.326. The van der Waals surface area contributed by atoms with E-state index in [0.717, 1.165) is 0 Å². The standard InChI is InChI=1S/C5H4ClN3O2/c6-3-1-2-4(7)8-5(3)9(10)11/h1-2H,(H2,7,8). The van der Waals surface area contributed by atoms with E-state index in [4.69, 9.17) is 17.3 Å². The van der Waals surface area contributed by atoms with Crippen LogP contribution in [0.3, 0.4) is 0 Å². The molecule has 0 aromatic carbocycles. The van der Waals surface area contributed by atoms with Crippen molar-refractivity contribution in [2.75, 3.05) is 5.73 Å². The maximum absolute atomic E-state index is 10.2. The Balaban J connectivity index is 3.23. The van der Waals surface area contributed by atoms with E-state index in [9.17, 15) is 10.1 Å². The SMILES string of the molecule is Nc1ccc(Cl)c([N+](=O)[O-])n1. The molecule has 0 amide bonds. The van der Waals surface area contributed by atoms with Gasteiger partial charge in [0.2, 0.25) is 5.82 Å². The zero-order valence-corrected chi connectivity index (χ0v) is 6.08. The Kier molecular flexibility index (Phi) is 1.91. The maximum atomic E-state index is 10.2. The molecule has 1 heterocycles. The lowest BCUT2D eigenvalue weighted by Gasteiger charge is -1.93. The molecule has 0 atom stereocenters. The largest absolute Gasteiger partial charge is 0.384 e. The molecule has 0 saturated heterocycles. The van der Waals surface area contributed by atoms with Gasteiger partial charge in [-0.3, -0.25) is 0 Å². The number of nitrogens with two attached hydrogens (primary N) is 1. The van der Waals surface area contributed by atoms with Gasteiger partial charge in [0, 0.05) is 6.07 Å². The first-order valence-electron chi connectivity index (χ1n) is 2.67. The summed E-state index contributed by atoms with van der Waals surface area (Å²) in [7, 11) is 0. The van der Waals surface area contributed by atoms with Crippen LogP contribution in [0.5, 0.6) is 0 Å². The number of halogens is 1. The minimum Gasteiger partial charge on any atom is -0.363 e. The summed E-state index contributed by atoms with van der Waals surface area (Å²) in [6.07, 6.45) is 0. The van der Waals surface area contributed by atoms with Crippen molar-refractivity contribution in [2.45, 2.75) is 0 Å². The third-order valence-electron chi connectivity index (χ3n) is 1.02. The van der Waals surface area contributed by atoms with Crippen molar-refractivity contribution < 1.29 is 4.92 Å². The first-order chi connectivity index (χ1) is 5.11. The maximum Gasteiger partial charge on any atom is 0.384 e. The fourth-order valence-corrected chi connectivity index (χ4v) is 0.748. The highest BCUT2D eigenvalue weighted by Gasteiger charge is 2.13. The van der Waals surface area contributed by atoms with Crippen molar-refractivity contribution in [3.8, 4) is 0 Å². The van der Waals surface area contributed by atoms with Crippen LogP contribution in [0.15, 0.2) is 12.1 Å².